The van der Waals surface area contributed by atoms with Gasteiger partial charge < -0.3 is 9.84 Å². The number of fused-ring (bicyclic) bond motifs is 1. The molecule has 0 radical (unpaired) electrons. The highest BCUT2D eigenvalue weighted by Gasteiger charge is 2.16. The van der Waals surface area contributed by atoms with Gasteiger partial charge in [-0.1, -0.05) is 6.07 Å². The van der Waals surface area contributed by atoms with Crippen LogP contribution in [-0.2, 0) is 17.8 Å². The van der Waals surface area contributed by atoms with Crippen LogP contribution in [0.5, 0.6) is 5.75 Å². The fourth-order valence-corrected chi connectivity index (χ4v) is 1.43. The lowest BCUT2D eigenvalue weighted by Crippen LogP contribution is -2.20. The van der Waals surface area contributed by atoms with Crippen molar-refractivity contribution in [3.8, 4) is 5.75 Å². The van der Waals surface area contributed by atoms with Crippen molar-refractivity contribution in [3.05, 3.63) is 29.3 Å². The summed E-state index contributed by atoms with van der Waals surface area (Å²) in [7, 11) is 0. The number of rotatable bonds is 1. The molecule has 1 aromatic carbocycles. The Morgan fingerprint density at radius 2 is 2.31 bits per heavy atom. The first-order valence-electron chi connectivity index (χ1n) is 4.17. The summed E-state index contributed by atoms with van der Waals surface area (Å²) in [4.78, 5) is 11.0. The number of aliphatic hydroxyl groups is 1. The van der Waals surface area contributed by atoms with Crippen molar-refractivity contribution >= 4 is 5.78 Å². The second-order valence-corrected chi connectivity index (χ2v) is 3.10. The average molecular weight is 178 g/mol. The third kappa shape index (κ3) is 1.55. The van der Waals surface area contributed by atoms with Crippen molar-refractivity contribution in [1.82, 2.24) is 0 Å². The van der Waals surface area contributed by atoms with Gasteiger partial charge in [0.15, 0.2) is 5.78 Å². The number of carbonyl (C=O) groups excluding carboxylic acids is 1. The molecule has 3 nitrogen and oxygen atoms in total. The van der Waals surface area contributed by atoms with Crippen molar-refractivity contribution < 1.29 is 14.6 Å². The van der Waals surface area contributed by atoms with Gasteiger partial charge in [-0.25, -0.2) is 0 Å². The molecule has 0 unspecified atom stereocenters. The van der Waals surface area contributed by atoms with Crippen LogP contribution in [0.25, 0.3) is 0 Å². The molecule has 1 aliphatic heterocycles. The lowest BCUT2D eigenvalue weighted by atomic mass is 10.0. The third-order valence-corrected chi connectivity index (χ3v) is 2.08. The summed E-state index contributed by atoms with van der Waals surface area (Å²) in [6.45, 7) is 0.174. The Labute approximate surface area is 76.0 Å². The Morgan fingerprint density at radius 3 is 3.08 bits per heavy atom. The number of hydrogen-bond acceptors (Lipinski definition) is 3. The van der Waals surface area contributed by atoms with E-state index < -0.39 is 0 Å². The summed E-state index contributed by atoms with van der Waals surface area (Å²) < 4.78 is 5.20. The fourth-order valence-electron chi connectivity index (χ4n) is 1.43. The van der Waals surface area contributed by atoms with Gasteiger partial charge in [-0.05, 0) is 17.7 Å². The maximum absolute atomic E-state index is 11.0. The molecule has 0 atom stereocenters. The molecule has 0 saturated carbocycles. The van der Waals surface area contributed by atoms with Crippen LogP contribution < -0.4 is 4.74 Å². The highest BCUT2D eigenvalue weighted by molar-refractivity contribution is 5.84. The summed E-state index contributed by atoms with van der Waals surface area (Å²) in [6.07, 6.45) is 0.420. The molecule has 0 aliphatic carbocycles. The van der Waals surface area contributed by atoms with Crippen molar-refractivity contribution in [2.45, 2.75) is 13.0 Å². The normalized spacial score (nSPS) is 15.0. The Bertz CT molecular complexity index is 344. The molecule has 3 heteroatoms. The van der Waals surface area contributed by atoms with Crippen molar-refractivity contribution in [3.63, 3.8) is 0 Å². The van der Waals surface area contributed by atoms with E-state index in [2.05, 4.69) is 0 Å². The quantitative estimate of drug-likeness (QED) is 0.688. The summed E-state index contributed by atoms with van der Waals surface area (Å²) in [5.74, 6) is 0.847. The van der Waals surface area contributed by atoms with Crippen LogP contribution in [0.4, 0.5) is 0 Å². The van der Waals surface area contributed by atoms with E-state index in [9.17, 15) is 4.79 Å². The Hall–Kier alpha value is -1.35. The maximum Gasteiger partial charge on any atom is 0.174 e. The van der Waals surface area contributed by atoms with Gasteiger partial charge in [-0.3, -0.25) is 4.79 Å². The van der Waals surface area contributed by atoms with Gasteiger partial charge in [-0.2, -0.15) is 0 Å². The number of carbonyl (C=O) groups is 1. The van der Waals surface area contributed by atoms with E-state index in [1.807, 2.05) is 6.07 Å². The first kappa shape index (κ1) is 8.26. The van der Waals surface area contributed by atoms with E-state index in [4.69, 9.17) is 9.84 Å². The van der Waals surface area contributed by atoms with Crippen molar-refractivity contribution in [1.29, 1.82) is 0 Å². The number of Topliss-reactive ketones (excluding diaryl/α,β-unsaturated/α-hetero) is 1. The Kier molecular flexibility index (Phi) is 2.02. The molecule has 0 amide bonds. The average Bonchev–Trinajstić information content (AvgIpc) is 2.16. The number of hydrogen-bond donors (Lipinski definition) is 1. The predicted octanol–water partition coefficient (Wildman–Crippen LogP) is 0.683. The first-order chi connectivity index (χ1) is 6.29. The van der Waals surface area contributed by atoms with Gasteiger partial charge in [0.1, 0.15) is 12.4 Å². The zero-order valence-corrected chi connectivity index (χ0v) is 7.12. The molecule has 68 valence electrons. The standard InChI is InChI=1S/C10H10O3/c11-5-7-1-2-10-8(3-7)4-9(12)6-13-10/h1-3,11H,4-6H2. The number of aliphatic hydroxyl groups excluding tert-OH is 1. The van der Waals surface area contributed by atoms with Gasteiger partial charge in [0.2, 0.25) is 0 Å². The molecule has 0 fully saturated rings. The largest absolute Gasteiger partial charge is 0.486 e. The first-order valence-corrected chi connectivity index (χ1v) is 4.17. The molecule has 0 spiro atoms. The number of ether oxygens (including phenoxy) is 1. The SMILES string of the molecule is O=C1COc2ccc(CO)cc2C1. The lowest BCUT2D eigenvalue weighted by molar-refractivity contribution is -0.121. The van der Waals surface area contributed by atoms with E-state index in [-0.39, 0.29) is 19.0 Å². The zero-order chi connectivity index (χ0) is 9.26. The molecule has 1 aromatic rings. The smallest absolute Gasteiger partial charge is 0.174 e. The van der Waals surface area contributed by atoms with E-state index in [0.29, 0.717) is 6.42 Å². The number of ketones is 1. The molecule has 1 aliphatic rings. The molecule has 1 N–H and O–H groups in total. The van der Waals surface area contributed by atoms with Crippen LogP contribution in [0.1, 0.15) is 11.1 Å². The second-order valence-electron chi connectivity index (χ2n) is 3.10. The third-order valence-electron chi connectivity index (χ3n) is 2.08. The lowest BCUT2D eigenvalue weighted by Gasteiger charge is -2.16. The van der Waals surface area contributed by atoms with Crippen LogP contribution in [0.15, 0.2) is 18.2 Å². The van der Waals surface area contributed by atoms with Gasteiger partial charge in [0.25, 0.3) is 0 Å². The molecule has 2 rings (SSSR count). The predicted molar refractivity (Wildman–Crippen MR) is 46.6 cm³/mol. The van der Waals surface area contributed by atoms with Gasteiger partial charge in [-0.15, -0.1) is 0 Å². The second kappa shape index (κ2) is 3.18. The molecule has 0 aromatic heterocycles. The summed E-state index contributed by atoms with van der Waals surface area (Å²) in [5, 5.41) is 8.88. The molecular formula is C10H10O3. The molecule has 1 heterocycles. The minimum atomic E-state index is 0.00146. The maximum atomic E-state index is 11.0. The van der Waals surface area contributed by atoms with Gasteiger partial charge >= 0.3 is 0 Å². The minimum absolute atomic E-state index is 0.00146. The monoisotopic (exact) mass is 178 g/mol. The van der Waals surface area contributed by atoms with Gasteiger partial charge in [0.05, 0.1) is 6.61 Å². The Balaban J connectivity index is 2.38. The van der Waals surface area contributed by atoms with Crippen LogP contribution in [0.2, 0.25) is 0 Å². The number of benzene rings is 1. The van der Waals surface area contributed by atoms with Crippen LogP contribution in [-0.4, -0.2) is 17.5 Å². The minimum Gasteiger partial charge on any atom is -0.486 e. The van der Waals surface area contributed by atoms with Crippen LogP contribution >= 0.6 is 0 Å². The summed E-state index contributed by atoms with van der Waals surface area (Å²) in [6, 6.07) is 5.41. The molecule has 13 heavy (non-hydrogen) atoms. The summed E-state index contributed by atoms with van der Waals surface area (Å²) >= 11 is 0. The fraction of sp³-hybridized carbons (Fsp3) is 0.300. The van der Waals surface area contributed by atoms with E-state index in [1.54, 1.807) is 12.1 Å². The van der Waals surface area contributed by atoms with Gasteiger partial charge in [0, 0.05) is 12.0 Å². The molecular weight excluding hydrogens is 168 g/mol. The van der Waals surface area contributed by atoms with Crippen molar-refractivity contribution in [2.75, 3.05) is 6.61 Å². The summed E-state index contributed by atoms with van der Waals surface area (Å²) in [5.41, 5.74) is 1.69. The van der Waals surface area contributed by atoms with E-state index in [1.165, 1.54) is 0 Å². The Morgan fingerprint density at radius 1 is 1.46 bits per heavy atom. The van der Waals surface area contributed by atoms with E-state index in [0.717, 1.165) is 16.9 Å². The van der Waals surface area contributed by atoms with Crippen LogP contribution in [0.3, 0.4) is 0 Å². The van der Waals surface area contributed by atoms with Crippen molar-refractivity contribution in [2.24, 2.45) is 0 Å². The zero-order valence-electron chi connectivity index (χ0n) is 7.12. The topological polar surface area (TPSA) is 46.5 Å². The highest BCUT2D eigenvalue weighted by Crippen LogP contribution is 2.24. The highest BCUT2D eigenvalue weighted by atomic mass is 16.5. The van der Waals surface area contributed by atoms with E-state index >= 15 is 0 Å². The molecule has 0 saturated heterocycles. The molecule has 0 bridgehead atoms. The van der Waals surface area contributed by atoms with Crippen LogP contribution in [0, 0.1) is 0 Å².